The molecule has 29 heavy (non-hydrogen) atoms. The lowest BCUT2D eigenvalue weighted by molar-refractivity contribution is 0.0745. The van der Waals surface area contributed by atoms with Crippen molar-refractivity contribution in [1.82, 2.24) is 24.5 Å². The van der Waals surface area contributed by atoms with Crippen LogP contribution in [0, 0.1) is 5.82 Å². The molecule has 3 aromatic rings. The number of nitrogens with one attached hydrogen (secondary N) is 1. The van der Waals surface area contributed by atoms with Crippen molar-refractivity contribution in [3.05, 3.63) is 47.2 Å². The minimum absolute atomic E-state index is 0.222. The summed E-state index contributed by atoms with van der Waals surface area (Å²) in [7, 11) is 3.26. The third-order valence-electron chi connectivity index (χ3n) is 4.90. The number of ether oxygens (including phenoxy) is 2. The van der Waals surface area contributed by atoms with Gasteiger partial charge in [0.2, 0.25) is 5.95 Å². The summed E-state index contributed by atoms with van der Waals surface area (Å²) in [6.45, 7) is 1.64. The Bertz CT molecular complexity index is 1050. The molecule has 0 spiro atoms. The second-order valence-electron chi connectivity index (χ2n) is 6.69. The highest BCUT2D eigenvalue weighted by molar-refractivity contribution is 5.99. The molecule has 1 aliphatic rings. The van der Waals surface area contributed by atoms with Crippen LogP contribution in [0.4, 0.5) is 10.3 Å². The van der Waals surface area contributed by atoms with Crippen LogP contribution in [0.25, 0.3) is 5.65 Å². The zero-order chi connectivity index (χ0) is 20.4. The predicted molar refractivity (Wildman–Crippen MR) is 103 cm³/mol. The third kappa shape index (κ3) is 3.58. The van der Waals surface area contributed by atoms with E-state index in [1.807, 2.05) is 0 Å². The van der Waals surface area contributed by atoms with Gasteiger partial charge < -0.3 is 19.7 Å². The molecule has 1 amide bonds. The Morgan fingerprint density at radius 2 is 2.31 bits per heavy atom. The number of benzene rings is 1. The Kier molecular flexibility index (Phi) is 5.26. The number of fused-ring (bicyclic) bond motifs is 2. The van der Waals surface area contributed by atoms with E-state index in [1.165, 1.54) is 23.5 Å². The molecule has 0 fully saturated rings. The topological polar surface area (TPSA) is 93.9 Å². The summed E-state index contributed by atoms with van der Waals surface area (Å²) in [5.41, 5.74) is 2.11. The van der Waals surface area contributed by atoms with E-state index in [0.717, 1.165) is 5.56 Å². The van der Waals surface area contributed by atoms with E-state index in [2.05, 4.69) is 20.5 Å². The van der Waals surface area contributed by atoms with E-state index >= 15 is 0 Å². The molecule has 0 aliphatic carbocycles. The van der Waals surface area contributed by atoms with Crippen LogP contribution >= 0.6 is 0 Å². The second kappa shape index (κ2) is 8.00. The van der Waals surface area contributed by atoms with Crippen molar-refractivity contribution in [1.29, 1.82) is 0 Å². The standard InChI is InChI=1S/C19H21FN6O3/c1-25(6-8-28-2)18(27)14-10-22-19(26-11-23-24-17(14)26)21-9-13-12-5-7-29-16(12)4-3-15(13)20/h3-4,10-11H,5-9H2,1-2H3,(H,21,22). The molecule has 0 atom stereocenters. The van der Waals surface area contributed by atoms with Crippen LogP contribution in [0.15, 0.2) is 24.7 Å². The summed E-state index contributed by atoms with van der Waals surface area (Å²) in [4.78, 5) is 18.6. The second-order valence-corrected chi connectivity index (χ2v) is 6.69. The summed E-state index contributed by atoms with van der Waals surface area (Å²) in [5, 5.41) is 11.1. The predicted octanol–water partition coefficient (Wildman–Crippen LogP) is 1.53. The van der Waals surface area contributed by atoms with Gasteiger partial charge in [-0.25, -0.2) is 9.37 Å². The molecule has 0 bridgehead atoms. The van der Waals surface area contributed by atoms with E-state index in [0.29, 0.717) is 54.7 Å². The summed E-state index contributed by atoms with van der Waals surface area (Å²) in [6, 6.07) is 3.05. The SMILES string of the molecule is COCCN(C)C(=O)c1cnc(NCc2c(F)ccc3c2CCO3)n2cnnc12. The van der Waals surface area contributed by atoms with Crippen LogP contribution < -0.4 is 10.1 Å². The molecule has 9 nitrogen and oxygen atoms in total. The molecule has 0 saturated heterocycles. The molecule has 10 heteroatoms. The van der Waals surface area contributed by atoms with Crippen molar-refractivity contribution in [3.63, 3.8) is 0 Å². The number of nitrogens with zero attached hydrogens (tertiary/aromatic N) is 5. The molecule has 152 valence electrons. The van der Waals surface area contributed by atoms with Crippen molar-refractivity contribution in [2.75, 3.05) is 39.2 Å². The number of carbonyl (C=O) groups is 1. The Labute approximate surface area is 166 Å². The molecule has 2 aromatic heterocycles. The smallest absolute Gasteiger partial charge is 0.259 e. The summed E-state index contributed by atoms with van der Waals surface area (Å²) in [6.07, 6.45) is 3.58. The zero-order valence-corrected chi connectivity index (χ0v) is 16.2. The van der Waals surface area contributed by atoms with Crippen LogP contribution in [0.1, 0.15) is 21.5 Å². The van der Waals surface area contributed by atoms with Gasteiger partial charge in [-0.05, 0) is 12.1 Å². The Balaban J connectivity index is 1.59. The number of likely N-dealkylation sites (N-methyl/N-ethyl adjacent to an activating group) is 1. The van der Waals surface area contributed by atoms with Gasteiger partial charge in [-0.15, -0.1) is 10.2 Å². The van der Waals surface area contributed by atoms with Gasteiger partial charge in [0, 0.05) is 51.0 Å². The molecular formula is C19H21FN6O3. The van der Waals surface area contributed by atoms with Crippen molar-refractivity contribution in [2.45, 2.75) is 13.0 Å². The number of halogens is 1. The Hall–Kier alpha value is -3.27. The molecule has 1 aliphatic heterocycles. The number of anilines is 1. The fourth-order valence-corrected chi connectivity index (χ4v) is 3.31. The van der Waals surface area contributed by atoms with Crippen LogP contribution in [0.2, 0.25) is 0 Å². The third-order valence-corrected chi connectivity index (χ3v) is 4.90. The van der Waals surface area contributed by atoms with E-state index in [1.54, 1.807) is 24.6 Å². The molecule has 4 rings (SSSR count). The van der Waals surface area contributed by atoms with Crippen LogP contribution in [0.5, 0.6) is 5.75 Å². The monoisotopic (exact) mass is 400 g/mol. The van der Waals surface area contributed by atoms with Crippen LogP contribution in [-0.2, 0) is 17.7 Å². The Morgan fingerprint density at radius 3 is 3.14 bits per heavy atom. The first-order valence-corrected chi connectivity index (χ1v) is 9.20. The number of methoxy groups -OCH3 is 1. The summed E-state index contributed by atoms with van der Waals surface area (Å²) >= 11 is 0. The number of carbonyl (C=O) groups excluding carboxylic acids is 1. The minimum Gasteiger partial charge on any atom is -0.493 e. The lowest BCUT2D eigenvalue weighted by Crippen LogP contribution is -2.30. The first kappa shape index (κ1) is 19.1. The molecule has 0 saturated carbocycles. The van der Waals surface area contributed by atoms with Gasteiger partial charge in [-0.1, -0.05) is 0 Å². The van der Waals surface area contributed by atoms with Crippen molar-refractivity contribution in [3.8, 4) is 5.75 Å². The van der Waals surface area contributed by atoms with Gasteiger partial charge in [0.15, 0.2) is 5.65 Å². The number of hydrogen-bond acceptors (Lipinski definition) is 7. The molecule has 3 heterocycles. The summed E-state index contributed by atoms with van der Waals surface area (Å²) in [5.74, 6) is 0.596. The fraction of sp³-hybridized carbons (Fsp3) is 0.368. The van der Waals surface area contributed by atoms with Crippen molar-refractivity contribution < 1.29 is 18.7 Å². The highest BCUT2D eigenvalue weighted by atomic mass is 19.1. The van der Waals surface area contributed by atoms with Crippen molar-refractivity contribution >= 4 is 17.5 Å². The highest BCUT2D eigenvalue weighted by Gasteiger charge is 2.21. The van der Waals surface area contributed by atoms with Gasteiger partial charge in [0.25, 0.3) is 5.91 Å². The normalized spacial score (nSPS) is 12.7. The van der Waals surface area contributed by atoms with Crippen molar-refractivity contribution in [2.24, 2.45) is 0 Å². The number of hydrogen-bond donors (Lipinski definition) is 1. The van der Waals surface area contributed by atoms with E-state index < -0.39 is 0 Å². The number of rotatable bonds is 7. The lowest BCUT2D eigenvalue weighted by atomic mass is 10.0. The summed E-state index contributed by atoms with van der Waals surface area (Å²) < 4.78 is 26.5. The van der Waals surface area contributed by atoms with Gasteiger partial charge in [-0.3, -0.25) is 9.20 Å². The number of amides is 1. The highest BCUT2D eigenvalue weighted by Crippen LogP contribution is 2.30. The maximum absolute atomic E-state index is 14.4. The minimum atomic E-state index is -0.298. The largest absolute Gasteiger partial charge is 0.493 e. The molecular weight excluding hydrogens is 379 g/mol. The molecule has 0 unspecified atom stereocenters. The van der Waals surface area contributed by atoms with E-state index in [4.69, 9.17) is 9.47 Å². The van der Waals surface area contributed by atoms with Gasteiger partial charge in [0.1, 0.15) is 23.5 Å². The van der Waals surface area contributed by atoms with Gasteiger partial charge >= 0.3 is 0 Å². The zero-order valence-electron chi connectivity index (χ0n) is 16.2. The fourth-order valence-electron chi connectivity index (χ4n) is 3.31. The molecule has 0 radical (unpaired) electrons. The maximum atomic E-state index is 14.4. The Morgan fingerprint density at radius 1 is 1.45 bits per heavy atom. The maximum Gasteiger partial charge on any atom is 0.259 e. The first-order chi connectivity index (χ1) is 14.1. The van der Waals surface area contributed by atoms with E-state index in [9.17, 15) is 9.18 Å². The average molecular weight is 400 g/mol. The lowest BCUT2D eigenvalue weighted by Gasteiger charge is -2.17. The molecule has 1 N–H and O–H groups in total. The number of aromatic nitrogens is 4. The quantitative estimate of drug-likeness (QED) is 0.643. The van der Waals surface area contributed by atoms with Crippen LogP contribution in [0.3, 0.4) is 0 Å². The van der Waals surface area contributed by atoms with Crippen LogP contribution in [-0.4, -0.2) is 64.3 Å². The van der Waals surface area contributed by atoms with E-state index in [-0.39, 0.29) is 18.3 Å². The molecule has 1 aromatic carbocycles. The van der Waals surface area contributed by atoms with Gasteiger partial charge in [0.05, 0.1) is 13.2 Å². The first-order valence-electron chi connectivity index (χ1n) is 9.20. The average Bonchev–Trinajstić information content (AvgIpc) is 3.40. The van der Waals surface area contributed by atoms with Gasteiger partial charge in [-0.2, -0.15) is 0 Å².